The maximum Gasteiger partial charge on any atom is 0.321 e. The number of hydrogen-bond donors (Lipinski definition) is 2. The van der Waals surface area contributed by atoms with Crippen LogP contribution in [0.25, 0.3) is 0 Å². The van der Waals surface area contributed by atoms with Crippen molar-refractivity contribution in [1.82, 2.24) is 4.90 Å². The average molecular weight is 432 g/mol. The molecule has 0 atom stereocenters. The second kappa shape index (κ2) is 7.72. The van der Waals surface area contributed by atoms with E-state index in [1.54, 1.807) is 12.1 Å². The molecule has 5 heteroatoms. The van der Waals surface area contributed by atoms with Gasteiger partial charge in [-0.25, -0.2) is 4.79 Å². The van der Waals surface area contributed by atoms with Gasteiger partial charge in [-0.3, -0.25) is 0 Å². The minimum absolute atomic E-state index is 0.0249. The van der Waals surface area contributed by atoms with Crippen molar-refractivity contribution in [2.45, 2.75) is 43.9 Å². The number of amides is 2. The number of rotatable bonds is 3. The topological polar surface area (TPSA) is 55.8 Å². The van der Waals surface area contributed by atoms with Crippen molar-refractivity contribution in [3.63, 3.8) is 0 Å². The lowest BCUT2D eigenvalue weighted by molar-refractivity contribution is -0.00518. The maximum atomic E-state index is 12.8. The molecule has 1 aliphatic heterocycles. The normalized spacial score (nSPS) is 31.1. The molecule has 0 spiro atoms. The molecule has 0 aromatic heterocycles. The molecule has 2 N–H and O–H groups in total. The number of aromatic hydroxyl groups is 1. The van der Waals surface area contributed by atoms with E-state index in [0.29, 0.717) is 18.5 Å². The van der Waals surface area contributed by atoms with Gasteiger partial charge in [0.1, 0.15) is 5.75 Å². The van der Waals surface area contributed by atoms with Crippen LogP contribution in [-0.2, 0) is 5.41 Å². The Morgan fingerprint density at radius 1 is 0.875 bits per heavy atom. The third-order valence-electron chi connectivity index (χ3n) is 8.55. The number of phenols is 1. The number of nitrogens with zero attached hydrogens (tertiary/aromatic N) is 2. The van der Waals surface area contributed by atoms with E-state index in [0.717, 1.165) is 42.2 Å². The molecule has 32 heavy (non-hydrogen) atoms. The Morgan fingerprint density at radius 2 is 1.50 bits per heavy atom. The highest BCUT2D eigenvalue weighted by atomic mass is 16.3. The van der Waals surface area contributed by atoms with Crippen LogP contribution in [0.3, 0.4) is 0 Å². The van der Waals surface area contributed by atoms with E-state index in [1.807, 2.05) is 17.0 Å². The van der Waals surface area contributed by atoms with E-state index >= 15 is 0 Å². The zero-order valence-corrected chi connectivity index (χ0v) is 18.7. The quantitative estimate of drug-likeness (QED) is 0.701. The smallest absolute Gasteiger partial charge is 0.321 e. The Labute approximate surface area is 190 Å². The van der Waals surface area contributed by atoms with Crippen molar-refractivity contribution in [1.29, 1.82) is 0 Å². The molecule has 5 fully saturated rings. The number of piperazine rings is 1. The SMILES string of the molecule is O=C(Nc1ccc(C23CC4CC(CC(C4)C2)C3)cc1)N1CCN(c2cccc(O)c2)CC1. The van der Waals surface area contributed by atoms with Gasteiger partial charge in [-0.05, 0) is 91.5 Å². The van der Waals surface area contributed by atoms with Gasteiger partial charge >= 0.3 is 6.03 Å². The summed E-state index contributed by atoms with van der Waals surface area (Å²) in [5.41, 5.74) is 3.79. The predicted octanol–water partition coefficient (Wildman–Crippen LogP) is 5.21. The van der Waals surface area contributed by atoms with E-state index in [9.17, 15) is 9.90 Å². The Balaban J connectivity index is 1.07. The fourth-order valence-electron chi connectivity index (χ4n) is 7.43. The van der Waals surface area contributed by atoms with Crippen molar-refractivity contribution < 1.29 is 9.90 Å². The molecule has 5 nitrogen and oxygen atoms in total. The number of carbonyl (C=O) groups is 1. The fourth-order valence-corrected chi connectivity index (χ4v) is 7.43. The number of urea groups is 1. The molecule has 7 rings (SSSR count). The van der Waals surface area contributed by atoms with Crippen LogP contribution in [-0.4, -0.2) is 42.2 Å². The first kappa shape index (κ1) is 20.0. The van der Waals surface area contributed by atoms with Crippen LogP contribution < -0.4 is 10.2 Å². The molecule has 1 saturated heterocycles. The highest BCUT2D eigenvalue weighted by Crippen LogP contribution is 2.60. The Hall–Kier alpha value is -2.69. The number of phenolic OH excluding ortho intramolecular Hbond substituents is 1. The first-order valence-electron chi connectivity index (χ1n) is 12.3. The van der Waals surface area contributed by atoms with Gasteiger partial charge in [0.05, 0.1) is 0 Å². The summed E-state index contributed by atoms with van der Waals surface area (Å²) in [6.45, 7) is 2.88. The molecular formula is C27H33N3O2. The molecule has 4 aliphatic carbocycles. The summed E-state index contributed by atoms with van der Waals surface area (Å²) >= 11 is 0. The molecule has 2 aromatic rings. The van der Waals surface area contributed by atoms with Crippen molar-refractivity contribution in [2.24, 2.45) is 17.8 Å². The van der Waals surface area contributed by atoms with E-state index < -0.39 is 0 Å². The molecule has 2 aromatic carbocycles. The largest absolute Gasteiger partial charge is 0.508 e. The molecule has 168 valence electrons. The predicted molar refractivity (Wildman–Crippen MR) is 127 cm³/mol. The first-order chi connectivity index (χ1) is 15.6. The van der Waals surface area contributed by atoms with Gasteiger partial charge in [-0.2, -0.15) is 0 Å². The van der Waals surface area contributed by atoms with Gasteiger partial charge in [-0.15, -0.1) is 0 Å². The Morgan fingerprint density at radius 3 is 2.09 bits per heavy atom. The van der Waals surface area contributed by atoms with E-state index in [4.69, 9.17) is 0 Å². The Bertz CT molecular complexity index is 959. The third-order valence-corrected chi connectivity index (χ3v) is 8.55. The van der Waals surface area contributed by atoms with Crippen molar-refractivity contribution >= 4 is 17.4 Å². The van der Waals surface area contributed by atoms with Gasteiger partial charge in [0.25, 0.3) is 0 Å². The van der Waals surface area contributed by atoms with Crippen molar-refractivity contribution in [3.05, 3.63) is 54.1 Å². The summed E-state index contributed by atoms with van der Waals surface area (Å²) in [7, 11) is 0. The molecular weight excluding hydrogens is 398 g/mol. The lowest BCUT2D eigenvalue weighted by Crippen LogP contribution is -2.50. The zero-order chi connectivity index (χ0) is 21.7. The minimum Gasteiger partial charge on any atom is -0.508 e. The summed E-state index contributed by atoms with van der Waals surface area (Å²) in [4.78, 5) is 16.9. The molecule has 5 aliphatic rings. The molecule has 1 heterocycles. The summed E-state index contributed by atoms with van der Waals surface area (Å²) in [5, 5.41) is 12.8. The molecule has 4 saturated carbocycles. The van der Waals surface area contributed by atoms with Gasteiger partial charge < -0.3 is 20.2 Å². The van der Waals surface area contributed by atoms with E-state index in [-0.39, 0.29) is 11.8 Å². The van der Waals surface area contributed by atoms with Gasteiger partial charge in [0.15, 0.2) is 0 Å². The highest BCUT2D eigenvalue weighted by molar-refractivity contribution is 5.89. The monoisotopic (exact) mass is 431 g/mol. The lowest BCUT2D eigenvalue weighted by atomic mass is 9.48. The molecule has 0 unspecified atom stereocenters. The van der Waals surface area contributed by atoms with Crippen LogP contribution in [0.4, 0.5) is 16.2 Å². The average Bonchev–Trinajstić information content (AvgIpc) is 2.79. The van der Waals surface area contributed by atoms with Crippen LogP contribution >= 0.6 is 0 Å². The lowest BCUT2D eigenvalue weighted by Gasteiger charge is -2.57. The number of anilines is 2. The zero-order valence-electron chi connectivity index (χ0n) is 18.7. The van der Waals surface area contributed by atoms with E-state index in [2.05, 4.69) is 34.5 Å². The summed E-state index contributed by atoms with van der Waals surface area (Å²) in [5.74, 6) is 3.11. The number of benzene rings is 2. The van der Waals surface area contributed by atoms with Gasteiger partial charge in [0, 0.05) is 43.6 Å². The maximum absolute atomic E-state index is 12.8. The standard InChI is InChI=1S/C27H33N3O2/c31-25-3-1-2-24(15-25)29-8-10-30(11-9-29)26(32)28-23-6-4-22(5-7-23)27-16-19-12-20(17-27)14-21(13-19)18-27/h1-7,15,19-21,31H,8-14,16-18H2,(H,28,32). The van der Waals surface area contributed by atoms with E-state index in [1.165, 1.54) is 44.1 Å². The number of nitrogens with one attached hydrogen (secondary N) is 1. The second-order valence-corrected chi connectivity index (χ2v) is 10.7. The minimum atomic E-state index is -0.0249. The van der Waals surface area contributed by atoms with Crippen LogP contribution in [0.5, 0.6) is 5.75 Å². The first-order valence-corrected chi connectivity index (χ1v) is 12.3. The summed E-state index contributed by atoms with van der Waals surface area (Å²) < 4.78 is 0. The van der Waals surface area contributed by atoms with Gasteiger partial charge in [-0.1, -0.05) is 18.2 Å². The second-order valence-electron chi connectivity index (χ2n) is 10.7. The molecule has 4 bridgehead atoms. The van der Waals surface area contributed by atoms with Crippen molar-refractivity contribution in [2.75, 3.05) is 36.4 Å². The number of hydrogen-bond acceptors (Lipinski definition) is 3. The molecule has 0 radical (unpaired) electrons. The molecule has 2 amide bonds. The van der Waals surface area contributed by atoms with Crippen LogP contribution in [0.2, 0.25) is 0 Å². The third kappa shape index (κ3) is 3.62. The summed E-state index contributed by atoms with van der Waals surface area (Å²) in [6, 6.07) is 16.1. The van der Waals surface area contributed by atoms with Crippen LogP contribution in [0, 0.1) is 17.8 Å². The number of carbonyl (C=O) groups excluding carboxylic acids is 1. The Kier molecular flexibility index (Phi) is 4.81. The van der Waals surface area contributed by atoms with Crippen molar-refractivity contribution in [3.8, 4) is 5.75 Å². The van der Waals surface area contributed by atoms with Crippen LogP contribution in [0.1, 0.15) is 44.1 Å². The van der Waals surface area contributed by atoms with Crippen LogP contribution in [0.15, 0.2) is 48.5 Å². The van der Waals surface area contributed by atoms with Gasteiger partial charge in [0.2, 0.25) is 0 Å². The summed E-state index contributed by atoms with van der Waals surface area (Å²) in [6.07, 6.45) is 8.50. The highest BCUT2D eigenvalue weighted by Gasteiger charge is 2.51. The fraction of sp³-hybridized carbons (Fsp3) is 0.519.